The lowest BCUT2D eigenvalue weighted by Gasteiger charge is -2.42. The summed E-state index contributed by atoms with van der Waals surface area (Å²) < 4.78 is 1.00. The van der Waals surface area contributed by atoms with Gasteiger partial charge in [-0.3, -0.25) is 0 Å². The van der Waals surface area contributed by atoms with Gasteiger partial charge in [-0.2, -0.15) is 10.5 Å². The van der Waals surface area contributed by atoms with E-state index in [2.05, 4.69) is 152 Å². The summed E-state index contributed by atoms with van der Waals surface area (Å²) in [4.78, 5) is 2.29. The second-order valence-corrected chi connectivity index (χ2v) is 14.3. The van der Waals surface area contributed by atoms with Gasteiger partial charge in [0.15, 0.2) is 0 Å². The third-order valence-corrected chi connectivity index (χ3v) is 10.2. The van der Waals surface area contributed by atoms with Crippen molar-refractivity contribution in [2.75, 3.05) is 4.90 Å². The molecule has 1 aliphatic carbocycles. The molecule has 4 heteroatoms. The molecule has 8 rings (SSSR count). The van der Waals surface area contributed by atoms with Crippen LogP contribution < -0.4 is 4.90 Å². The number of nitrogens with zero attached hydrogens (tertiary/aromatic N) is 3. The molecule has 2 aliphatic rings. The van der Waals surface area contributed by atoms with Crippen LogP contribution in [0, 0.1) is 22.7 Å². The van der Waals surface area contributed by atoms with E-state index in [1.807, 2.05) is 42.5 Å². The van der Waals surface area contributed by atoms with Gasteiger partial charge >= 0.3 is 0 Å². The predicted octanol–water partition coefficient (Wildman–Crippen LogP) is 11.9. The van der Waals surface area contributed by atoms with Gasteiger partial charge in [0.25, 0.3) is 0 Å². The fraction of sp³-hybridized carbons (Fsp3) is 0.156. The van der Waals surface area contributed by atoms with E-state index in [1.165, 1.54) is 44.8 Å². The number of nitriles is 2. The number of benzene rings is 6. The van der Waals surface area contributed by atoms with E-state index in [1.54, 1.807) is 12.1 Å². The van der Waals surface area contributed by atoms with Crippen LogP contribution in [0.3, 0.4) is 0 Å². The molecule has 0 amide bonds. The minimum absolute atomic E-state index is 0.0454. The molecular weight excluding hydrogens is 662 g/mol. The van der Waals surface area contributed by atoms with E-state index in [4.69, 9.17) is 10.5 Å². The van der Waals surface area contributed by atoms with Gasteiger partial charge in [0, 0.05) is 21.0 Å². The fourth-order valence-electron chi connectivity index (χ4n) is 7.08. The number of hydrogen-bond acceptors (Lipinski definition) is 3. The van der Waals surface area contributed by atoms with Gasteiger partial charge in [-0.05, 0) is 100 Å². The van der Waals surface area contributed by atoms with Crippen molar-refractivity contribution in [1.82, 2.24) is 0 Å². The highest BCUT2D eigenvalue weighted by atomic mass is 79.9. The van der Waals surface area contributed by atoms with Gasteiger partial charge in [-0.25, -0.2) is 0 Å². The van der Waals surface area contributed by atoms with Gasteiger partial charge in [0.05, 0.1) is 34.6 Å². The molecule has 0 radical (unpaired) electrons. The van der Waals surface area contributed by atoms with E-state index < -0.39 is 0 Å². The van der Waals surface area contributed by atoms with E-state index >= 15 is 0 Å². The van der Waals surface area contributed by atoms with Gasteiger partial charge in [-0.15, -0.1) is 0 Å². The molecule has 1 aliphatic heterocycles. The maximum Gasteiger partial charge on any atom is 0.0991 e. The van der Waals surface area contributed by atoms with E-state index in [0.29, 0.717) is 11.1 Å². The molecule has 0 saturated carbocycles. The Hall–Kier alpha value is -5.42. The van der Waals surface area contributed by atoms with Gasteiger partial charge in [-0.1, -0.05) is 129 Å². The molecule has 0 fully saturated rings. The van der Waals surface area contributed by atoms with Gasteiger partial charge in [0.1, 0.15) is 0 Å². The monoisotopic (exact) mass is 699 g/mol. The van der Waals surface area contributed by atoms with E-state index in [0.717, 1.165) is 16.6 Å². The lowest BCUT2D eigenvalue weighted by atomic mass is 9.69. The van der Waals surface area contributed by atoms with Crippen molar-refractivity contribution in [2.45, 2.75) is 44.9 Å². The highest BCUT2D eigenvalue weighted by molar-refractivity contribution is 9.10. The van der Waals surface area contributed by atoms with Crippen molar-refractivity contribution in [3.63, 3.8) is 0 Å². The molecule has 1 heterocycles. The van der Waals surface area contributed by atoms with Crippen LogP contribution in [0.25, 0.3) is 0 Å². The topological polar surface area (TPSA) is 50.8 Å². The lowest BCUT2D eigenvalue weighted by molar-refractivity contribution is 0.610. The summed E-state index contributed by atoms with van der Waals surface area (Å²) in [5, 5.41) is 17.4. The second-order valence-electron chi connectivity index (χ2n) is 13.4. The standard InChI is InChI=1S/C22H18N2.C16H16.C7H4BrN/c1-22(2)18-7-3-5-9-20(18)24(21-10-6-4-8-19(21)22)17-13-11-16(15-23)12-14-17;1-16(2)14-9-5-3-7-12(14)11-13-8-4-6-10-15(13)16;8-7-3-1-6(5-9)2-4-7/h3-14H,1-2H3;3-10H,11H2,1-2H3;1-4H. The molecule has 0 saturated heterocycles. The zero-order valence-electron chi connectivity index (χ0n) is 28.3. The van der Waals surface area contributed by atoms with Crippen molar-refractivity contribution >= 4 is 33.0 Å². The molecular formula is C45H38BrN3. The number of para-hydroxylation sites is 2. The zero-order valence-corrected chi connectivity index (χ0v) is 29.9. The first-order valence-corrected chi connectivity index (χ1v) is 17.3. The lowest BCUT2D eigenvalue weighted by Crippen LogP contribution is -2.30. The van der Waals surface area contributed by atoms with Crippen molar-refractivity contribution in [3.8, 4) is 12.1 Å². The van der Waals surface area contributed by atoms with Crippen molar-refractivity contribution in [3.05, 3.63) is 195 Å². The van der Waals surface area contributed by atoms with Crippen molar-refractivity contribution in [2.24, 2.45) is 0 Å². The van der Waals surface area contributed by atoms with E-state index in [9.17, 15) is 0 Å². The molecule has 0 aromatic heterocycles. The van der Waals surface area contributed by atoms with Crippen molar-refractivity contribution < 1.29 is 0 Å². The smallest absolute Gasteiger partial charge is 0.0991 e. The number of halogens is 1. The minimum atomic E-state index is -0.0454. The first kappa shape index (κ1) is 33.5. The Labute approximate surface area is 298 Å². The first-order valence-electron chi connectivity index (χ1n) is 16.5. The Bertz CT molecular complexity index is 2080. The summed E-state index contributed by atoms with van der Waals surface area (Å²) in [6.07, 6.45) is 1.08. The average molecular weight is 701 g/mol. The Balaban J connectivity index is 0.000000143. The van der Waals surface area contributed by atoms with Crippen LogP contribution in [0.15, 0.2) is 150 Å². The minimum Gasteiger partial charge on any atom is -0.310 e. The third-order valence-electron chi connectivity index (χ3n) is 9.63. The summed E-state index contributed by atoms with van der Waals surface area (Å²) in [7, 11) is 0. The Morgan fingerprint density at radius 3 is 1.31 bits per heavy atom. The molecule has 49 heavy (non-hydrogen) atoms. The van der Waals surface area contributed by atoms with Gasteiger partial charge < -0.3 is 4.90 Å². The van der Waals surface area contributed by atoms with Crippen LogP contribution in [-0.4, -0.2) is 0 Å². The van der Waals surface area contributed by atoms with Crippen LogP contribution in [0.1, 0.15) is 72.2 Å². The average Bonchev–Trinajstić information content (AvgIpc) is 3.13. The summed E-state index contributed by atoms with van der Waals surface area (Å²) >= 11 is 3.27. The molecule has 0 bridgehead atoms. The number of hydrogen-bond donors (Lipinski definition) is 0. The Morgan fingerprint density at radius 2 is 0.857 bits per heavy atom. The van der Waals surface area contributed by atoms with Crippen LogP contribution in [0.2, 0.25) is 0 Å². The molecule has 0 unspecified atom stereocenters. The summed E-state index contributed by atoms with van der Waals surface area (Å²) in [5.74, 6) is 0. The molecule has 6 aromatic carbocycles. The predicted molar refractivity (Wildman–Crippen MR) is 205 cm³/mol. The molecule has 0 atom stereocenters. The molecule has 6 aromatic rings. The highest BCUT2D eigenvalue weighted by Crippen LogP contribution is 2.51. The summed E-state index contributed by atoms with van der Waals surface area (Å²) in [5.41, 5.74) is 13.5. The second kappa shape index (κ2) is 14.0. The fourth-order valence-corrected chi connectivity index (χ4v) is 7.34. The summed E-state index contributed by atoms with van der Waals surface area (Å²) in [6.45, 7) is 9.20. The Morgan fingerprint density at radius 1 is 0.490 bits per heavy atom. The normalized spacial score (nSPS) is 14.0. The third kappa shape index (κ3) is 6.66. The molecule has 0 N–H and O–H groups in total. The number of fused-ring (bicyclic) bond motifs is 4. The first-order chi connectivity index (χ1) is 23.6. The number of anilines is 3. The Kier molecular flexibility index (Phi) is 9.55. The quantitative estimate of drug-likeness (QED) is 0.172. The van der Waals surface area contributed by atoms with Gasteiger partial charge in [0.2, 0.25) is 0 Å². The zero-order chi connectivity index (χ0) is 34.6. The summed E-state index contributed by atoms with van der Waals surface area (Å²) in [6, 6.07) is 54.0. The maximum atomic E-state index is 9.06. The van der Waals surface area contributed by atoms with Crippen LogP contribution in [0.5, 0.6) is 0 Å². The SMILES string of the molecule is CC1(C)c2ccccc2Cc2ccccc21.CC1(C)c2ccccc2N(c2ccc(C#N)cc2)c2ccccc21.N#Cc1ccc(Br)cc1. The highest BCUT2D eigenvalue weighted by Gasteiger charge is 2.36. The van der Waals surface area contributed by atoms with E-state index in [-0.39, 0.29) is 10.8 Å². The number of rotatable bonds is 1. The molecule has 3 nitrogen and oxygen atoms in total. The van der Waals surface area contributed by atoms with Crippen LogP contribution in [0.4, 0.5) is 17.1 Å². The van der Waals surface area contributed by atoms with Crippen molar-refractivity contribution in [1.29, 1.82) is 10.5 Å². The molecule has 240 valence electrons. The van der Waals surface area contributed by atoms with Crippen LogP contribution in [-0.2, 0) is 17.3 Å². The molecule has 0 spiro atoms. The van der Waals surface area contributed by atoms with Crippen LogP contribution >= 0.6 is 15.9 Å². The largest absolute Gasteiger partial charge is 0.310 e. The maximum absolute atomic E-state index is 9.06.